The van der Waals surface area contributed by atoms with Crippen molar-refractivity contribution >= 4 is 18.4 Å². The summed E-state index contributed by atoms with van der Waals surface area (Å²) in [6.45, 7) is 6.74. The van der Waals surface area contributed by atoms with Crippen LogP contribution in [-0.2, 0) is 0 Å². The number of unbranched alkanes of at least 4 members (excludes halogenated alkanes) is 3. The van der Waals surface area contributed by atoms with Gasteiger partial charge in [0.25, 0.3) is 0 Å². The van der Waals surface area contributed by atoms with Crippen LogP contribution in [0.3, 0.4) is 0 Å². The standard InChI is InChI=1S/3C4H9.C2H2F.Sn/c3*1-3-4-2;1-2-3;/h3*1,3-4H2,2H3;1-2H;. The molecule has 96 valence electrons. The van der Waals surface area contributed by atoms with Gasteiger partial charge in [-0.25, -0.2) is 0 Å². The third-order valence-corrected chi connectivity index (χ3v) is 17.4. The van der Waals surface area contributed by atoms with Gasteiger partial charge in [0.05, 0.1) is 0 Å². The molecular formula is C14H29FSn. The predicted octanol–water partition coefficient (Wildman–Crippen LogP) is 5.86. The van der Waals surface area contributed by atoms with Gasteiger partial charge < -0.3 is 0 Å². The van der Waals surface area contributed by atoms with Gasteiger partial charge in [0.2, 0.25) is 0 Å². The van der Waals surface area contributed by atoms with Crippen LogP contribution in [0.15, 0.2) is 10.4 Å². The Morgan fingerprint density at radius 1 is 0.812 bits per heavy atom. The predicted molar refractivity (Wildman–Crippen MR) is 75.1 cm³/mol. The average Bonchev–Trinajstić information content (AvgIpc) is 2.31. The molecule has 0 radical (unpaired) electrons. The topological polar surface area (TPSA) is 0 Å². The van der Waals surface area contributed by atoms with Crippen molar-refractivity contribution in [3.8, 4) is 0 Å². The van der Waals surface area contributed by atoms with E-state index in [4.69, 9.17) is 0 Å². The average molecular weight is 335 g/mol. The molecule has 0 saturated carbocycles. The fourth-order valence-corrected chi connectivity index (χ4v) is 15.7. The Morgan fingerprint density at radius 3 is 1.44 bits per heavy atom. The maximum atomic E-state index is 12.6. The van der Waals surface area contributed by atoms with Crippen molar-refractivity contribution in [2.24, 2.45) is 0 Å². The first kappa shape index (κ1) is 16.5. The second-order valence-corrected chi connectivity index (χ2v) is 18.0. The minimum atomic E-state index is -2.21. The van der Waals surface area contributed by atoms with Gasteiger partial charge in [0, 0.05) is 0 Å². The van der Waals surface area contributed by atoms with E-state index in [1.807, 2.05) is 0 Å². The van der Waals surface area contributed by atoms with Crippen LogP contribution in [0.5, 0.6) is 0 Å². The van der Waals surface area contributed by atoms with Crippen molar-refractivity contribution in [1.29, 1.82) is 0 Å². The Balaban J connectivity index is 4.45. The summed E-state index contributed by atoms with van der Waals surface area (Å²) in [6, 6.07) is 0. The fourth-order valence-electron chi connectivity index (χ4n) is 2.35. The zero-order chi connectivity index (χ0) is 12.3. The van der Waals surface area contributed by atoms with E-state index >= 15 is 0 Å². The Kier molecular flexibility index (Phi) is 10.9. The molecule has 0 aliphatic rings. The van der Waals surface area contributed by atoms with E-state index in [1.54, 1.807) is 0 Å². The Hall–Kier alpha value is 0.469. The molecule has 0 aliphatic carbocycles. The minimum absolute atomic E-state index is 0.872. The van der Waals surface area contributed by atoms with Gasteiger partial charge in [-0.1, -0.05) is 0 Å². The molecule has 0 unspecified atom stereocenters. The first-order chi connectivity index (χ1) is 7.74. The Labute approximate surface area is 106 Å². The fraction of sp³-hybridized carbons (Fsp3) is 0.857. The molecule has 0 aliphatic heterocycles. The van der Waals surface area contributed by atoms with E-state index < -0.39 is 18.4 Å². The summed E-state index contributed by atoms with van der Waals surface area (Å²) >= 11 is -2.21. The van der Waals surface area contributed by atoms with Crippen LogP contribution < -0.4 is 0 Å². The first-order valence-electron chi connectivity index (χ1n) is 7.02. The molecule has 0 rings (SSSR count). The summed E-state index contributed by atoms with van der Waals surface area (Å²) in [5, 5.41) is 0. The van der Waals surface area contributed by atoms with Crippen molar-refractivity contribution in [3.63, 3.8) is 0 Å². The second kappa shape index (κ2) is 10.6. The van der Waals surface area contributed by atoms with E-state index in [1.165, 1.54) is 51.8 Å². The molecule has 0 fully saturated rings. The normalized spacial score (nSPS) is 12.5. The van der Waals surface area contributed by atoms with Crippen molar-refractivity contribution in [1.82, 2.24) is 0 Å². The van der Waals surface area contributed by atoms with Crippen molar-refractivity contribution in [2.45, 2.75) is 72.6 Å². The summed E-state index contributed by atoms with van der Waals surface area (Å²) in [6.07, 6.45) is 8.59. The molecule has 0 aromatic carbocycles. The van der Waals surface area contributed by atoms with Gasteiger partial charge in [-0.15, -0.1) is 0 Å². The van der Waals surface area contributed by atoms with Gasteiger partial charge in [-0.05, 0) is 0 Å². The SMILES string of the molecule is CCC[CH2][Sn]([CH]=CF)([CH2]CCC)[CH2]CCC. The maximum absolute atomic E-state index is 12.6. The Bertz CT molecular complexity index is 156. The molecule has 2 heteroatoms. The molecule has 0 aromatic rings. The van der Waals surface area contributed by atoms with Crippen LogP contribution in [0, 0.1) is 0 Å². The second-order valence-electron chi connectivity index (χ2n) is 4.97. The monoisotopic (exact) mass is 336 g/mol. The number of halogens is 1. The number of hydrogen-bond donors (Lipinski definition) is 0. The van der Waals surface area contributed by atoms with Crippen LogP contribution >= 0.6 is 0 Å². The summed E-state index contributed by atoms with van der Waals surface area (Å²) < 4.78 is 18.8. The van der Waals surface area contributed by atoms with Gasteiger partial charge in [0.1, 0.15) is 0 Å². The van der Waals surface area contributed by atoms with E-state index in [-0.39, 0.29) is 0 Å². The molecule has 0 nitrogen and oxygen atoms in total. The molecule has 0 saturated heterocycles. The molecule has 0 aromatic heterocycles. The van der Waals surface area contributed by atoms with Gasteiger partial charge in [0.15, 0.2) is 0 Å². The Morgan fingerprint density at radius 2 is 1.19 bits per heavy atom. The van der Waals surface area contributed by atoms with E-state index in [2.05, 4.69) is 24.9 Å². The third-order valence-electron chi connectivity index (χ3n) is 3.50. The molecular weight excluding hydrogens is 306 g/mol. The number of hydrogen-bond acceptors (Lipinski definition) is 0. The quantitative estimate of drug-likeness (QED) is 0.439. The molecule has 0 amide bonds. The molecule has 0 heterocycles. The van der Waals surface area contributed by atoms with Crippen LogP contribution in [0.1, 0.15) is 59.3 Å². The summed E-state index contributed by atoms with van der Waals surface area (Å²) in [7, 11) is 0. The van der Waals surface area contributed by atoms with Gasteiger partial charge in [-0.3, -0.25) is 0 Å². The number of rotatable bonds is 10. The molecule has 0 N–H and O–H groups in total. The van der Waals surface area contributed by atoms with Crippen LogP contribution in [0.2, 0.25) is 13.3 Å². The molecule has 16 heavy (non-hydrogen) atoms. The van der Waals surface area contributed by atoms with Gasteiger partial charge in [-0.2, -0.15) is 0 Å². The zero-order valence-electron chi connectivity index (χ0n) is 11.4. The van der Waals surface area contributed by atoms with Crippen molar-refractivity contribution in [2.75, 3.05) is 0 Å². The third kappa shape index (κ3) is 6.92. The summed E-state index contributed by atoms with van der Waals surface area (Å²) in [4.78, 5) is 0. The molecule has 0 spiro atoms. The van der Waals surface area contributed by atoms with Crippen molar-refractivity contribution in [3.05, 3.63) is 10.4 Å². The summed E-state index contributed by atoms with van der Waals surface area (Å²) in [5.41, 5.74) is 0. The van der Waals surface area contributed by atoms with Crippen LogP contribution in [0.4, 0.5) is 4.39 Å². The van der Waals surface area contributed by atoms with E-state index in [0.717, 1.165) is 6.33 Å². The zero-order valence-corrected chi connectivity index (χ0v) is 14.3. The summed E-state index contributed by atoms with van der Waals surface area (Å²) in [5.74, 6) is 0. The van der Waals surface area contributed by atoms with E-state index in [0.29, 0.717) is 0 Å². The van der Waals surface area contributed by atoms with Crippen LogP contribution in [-0.4, -0.2) is 18.4 Å². The van der Waals surface area contributed by atoms with E-state index in [9.17, 15) is 4.39 Å². The molecule has 0 atom stereocenters. The molecule has 0 bridgehead atoms. The first-order valence-corrected chi connectivity index (χ1v) is 14.7. The van der Waals surface area contributed by atoms with Crippen LogP contribution in [0.25, 0.3) is 0 Å². The van der Waals surface area contributed by atoms with Crippen molar-refractivity contribution < 1.29 is 4.39 Å². The van der Waals surface area contributed by atoms with Gasteiger partial charge >= 0.3 is 106 Å².